The van der Waals surface area contributed by atoms with E-state index in [1.54, 1.807) is 37.1 Å². The molecule has 1 aromatic carbocycles. The molecule has 0 saturated heterocycles. The fourth-order valence-corrected chi connectivity index (χ4v) is 2.10. The molecule has 4 nitrogen and oxygen atoms in total. The van der Waals surface area contributed by atoms with E-state index in [1.165, 1.54) is 0 Å². The molecule has 1 N–H and O–H groups in total. The number of ether oxygens (including phenoxy) is 1. The van der Waals surface area contributed by atoms with Crippen molar-refractivity contribution in [2.75, 3.05) is 12.4 Å². The fraction of sp³-hybridized carbons (Fsp3) is 0.214. The Hall–Kier alpha value is -1.75. The predicted octanol–water partition coefficient (Wildman–Crippen LogP) is 2.77. The van der Waals surface area contributed by atoms with Crippen LogP contribution in [0.15, 0.2) is 45.8 Å². The van der Waals surface area contributed by atoms with Gasteiger partial charge in [0, 0.05) is 30.3 Å². The molecule has 0 spiro atoms. The van der Waals surface area contributed by atoms with E-state index in [-0.39, 0.29) is 5.56 Å². The Kier molecular flexibility index (Phi) is 4.27. The average molecular weight is 323 g/mol. The summed E-state index contributed by atoms with van der Waals surface area (Å²) in [6, 6.07) is 9.15. The second-order valence-corrected chi connectivity index (χ2v) is 5.03. The number of methoxy groups -OCH3 is 1. The fourth-order valence-electron chi connectivity index (χ4n) is 1.71. The third-order valence-corrected chi connectivity index (χ3v) is 3.60. The normalized spacial score (nSPS) is 10.3. The van der Waals surface area contributed by atoms with Crippen molar-refractivity contribution in [1.82, 2.24) is 4.57 Å². The molecular formula is C14H15BrN2O2. The van der Waals surface area contributed by atoms with Crippen molar-refractivity contribution < 1.29 is 4.74 Å². The Morgan fingerprint density at radius 2 is 2.11 bits per heavy atom. The third kappa shape index (κ3) is 3.38. The minimum absolute atomic E-state index is 0.0203. The summed E-state index contributed by atoms with van der Waals surface area (Å²) in [5.41, 5.74) is 1.97. The number of rotatable bonds is 4. The number of hydrogen-bond donors (Lipinski definition) is 1. The zero-order valence-corrected chi connectivity index (χ0v) is 12.4. The predicted molar refractivity (Wildman–Crippen MR) is 79.7 cm³/mol. The van der Waals surface area contributed by atoms with Crippen LogP contribution in [0.4, 0.5) is 5.69 Å². The molecule has 0 bridgehead atoms. The van der Waals surface area contributed by atoms with Gasteiger partial charge in [-0.1, -0.05) is 15.9 Å². The van der Waals surface area contributed by atoms with E-state index in [1.807, 2.05) is 18.2 Å². The lowest BCUT2D eigenvalue weighted by Gasteiger charge is -2.10. The van der Waals surface area contributed by atoms with E-state index in [2.05, 4.69) is 21.2 Å². The number of nitrogens with zero attached hydrogens (tertiary/aromatic N) is 1. The van der Waals surface area contributed by atoms with E-state index in [9.17, 15) is 4.79 Å². The first-order chi connectivity index (χ1) is 9.10. The van der Waals surface area contributed by atoms with Crippen molar-refractivity contribution in [2.24, 2.45) is 7.05 Å². The molecule has 1 aromatic heterocycles. The Morgan fingerprint density at radius 1 is 1.32 bits per heavy atom. The Bertz CT molecular complexity index is 638. The van der Waals surface area contributed by atoms with Crippen LogP contribution in [0.3, 0.4) is 0 Å². The molecule has 0 radical (unpaired) electrons. The summed E-state index contributed by atoms with van der Waals surface area (Å²) in [5, 5.41) is 3.28. The van der Waals surface area contributed by atoms with Crippen molar-refractivity contribution in [1.29, 1.82) is 0 Å². The van der Waals surface area contributed by atoms with Crippen LogP contribution >= 0.6 is 15.9 Å². The van der Waals surface area contributed by atoms with Crippen LogP contribution in [0.5, 0.6) is 5.75 Å². The zero-order valence-electron chi connectivity index (χ0n) is 10.8. The van der Waals surface area contributed by atoms with Gasteiger partial charge in [0.1, 0.15) is 5.75 Å². The van der Waals surface area contributed by atoms with Gasteiger partial charge in [-0.3, -0.25) is 4.79 Å². The number of nitrogens with one attached hydrogen (secondary N) is 1. The van der Waals surface area contributed by atoms with E-state index < -0.39 is 0 Å². The highest BCUT2D eigenvalue weighted by molar-refractivity contribution is 9.10. The van der Waals surface area contributed by atoms with Crippen molar-refractivity contribution >= 4 is 21.6 Å². The van der Waals surface area contributed by atoms with Gasteiger partial charge < -0.3 is 14.6 Å². The minimum Gasteiger partial charge on any atom is -0.497 e. The highest BCUT2D eigenvalue weighted by atomic mass is 79.9. The maximum atomic E-state index is 11.3. The van der Waals surface area contributed by atoms with Gasteiger partial charge >= 0.3 is 0 Å². The molecule has 0 unspecified atom stereocenters. The highest BCUT2D eigenvalue weighted by Gasteiger charge is 2.02. The molecule has 1 heterocycles. The van der Waals surface area contributed by atoms with Gasteiger partial charge in [-0.25, -0.2) is 0 Å². The lowest BCUT2D eigenvalue weighted by molar-refractivity contribution is 0.414. The second-order valence-electron chi connectivity index (χ2n) is 4.18. The molecule has 0 aliphatic heterocycles. The van der Waals surface area contributed by atoms with Crippen molar-refractivity contribution in [3.63, 3.8) is 0 Å². The van der Waals surface area contributed by atoms with Crippen molar-refractivity contribution in [2.45, 2.75) is 6.54 Å². The molecule has 100 valence electrons. The van der Waals surface area contributed by atoms with E-state index in [4.69, 9.17) is 4.74 Å². The maximum absolute atomic E-state index is 11.3. The van der Waals surface area contributed by atoms with E-state index >= 15 is 0 Å². The zero-order chi connectivity index (χ0) is 13.8. The Balaban J connectivity index is 2.13. The van der Waals surface area contributed by atoms with Crippen LogP contribution in [0, 0.1) is 0 Å². The Labute approximate surface area is 120 Å². The van der Waals surface area contributed by atoms with Crippen LogP contribution in [0.1, 0.15) is 5.56 Å². The quantitative estimate of drug-likeness (QED) is 0.941. The second kappa shape index (κ2) is 5.93. The van der Waals surface area contributed by atoms with Crippen LogP contribution in [-0.4, -0.2) is 11.7 Å². The molecule has 2 rings (SSSR count). The van der Waals surface area contributed by atoms with Crippen LogP contribution in [-0.2, 0) is 13.6 Å². The van der Waals surface area contributed by atoms with E-state index in [0.717, 1.165) is 21.5 Å². The maximum Gasteiger partial charge on any atom is 0.250 e. The van der Waals surface area contributed by atoms with Gasteiger partial charge in [0.2, 0.25) is 5.56 Å². The molecule has 19 heavy (non-hydrogen) atoms. The number of aromatic nitrogens is 1. The molecule has 0 aliphatic rings. The number of pyridine rings is 1. The van der Waals surface area contributed by atoms with E-state index in [0.29, 0.717) is 6.54 Å². The summed E-state index contributed by atoms with van der Waals surface area (Å²) in [4.78, 5) is 11.3. The third-order valence-electron chi connectivity index (χ3n) is 2.82. The molecular weight excluding hydrogens is 308 g/mol. The largest absolute Gasteiger partial charge is 0.497 e. The number of benzene rings is 1. The standard InChI is InChI=1S/C14H15BrN2O2/c1-17-9-11(3-6-14(17)18)16-8-10-7-12(19-2)4-5-13(10)15/h3-7,9,16H,8H2,1-2H3. The number of halogens is 1. The molecule has 5 heteroatoms. The topological polar surface area (TPSA) is 43.3 Å². The number of anilines is 1. The first-order valence-corrected chi connectivity index (χ1v) is 6.62. The number of aryl methyl sites for hydroxylation is 1. The first-order valence-electron chi connectivity index (χ1n) is 5.83. The van der Waals surface area contributed by atoms with Gasteiger partial charge in [-0.15, -0.1) is 0 Å². The number of hydrogen-bond acceptors (Lipinski definition) is 3. The lowest BCUT2D eigenvalue weighted by Crippen LogP contribution is -2.15. The molecule has 0 aliphatic carbocycles. The minimum atomic E-state index is -0.0203. The SMILES string of the molecule is COc1ccc(Br)c(CNc2ccc(=O)n(C)c2)c1. The molecule has 0 fully saturated rings. The average Bonchev–Trinajstić information content (AvgIpc) is 2.41. The summed E-state index contributed by atoms with van der Waals surface area (Å²) in [7, 11) is 3.38. The Morgan fingerprint density at radius 3 is 2.79 bits per heavy atom. The van der Waals surface area contributed by atoms with Crippen LogP contribution in [0.25, 0.3) is 0 Å². The highest BCUT2D eigenvalue weighted by Crippen LogP contribution is 2.23. The van der Waals surface area contributed by atoms with Gasteiger partial charge in [0.05, 0.1) is 12.8 Å². The summed E-state index contributed by atoms with van der Waals surface area (Å²) in [5.74, 6) is 0.820. The van der Waals surface area contributed by atoms with Gasteiger partial charge in [0.15, 0.2) is 0 Å². The molecule has 0 atom stereocenters. The summed E-state index contributed by atoms with van der Waals surface area (Å²) < 4.78 is 7.77. The van der Waals surface area contributed by atoms with Crippen molar-refractivity contribution in [3.8, 4) is 5.75 Å². The smallest absolute Gasteiger partial charge is 0.250 e. The van der Waals surface area contributed by atoms with Crippen molar-refractivity contribution in [3.05, 3.63) is 56.9 Å². The van der Waals surface area contributed by atoms with Gasteiger partial charge in [0.25, 0.3) is 0 Å². The molecule has 0 saturated carbocycles. The van der Waals surface area contributed by atoms with Gasteiger partial charge in [-0.05, 0) is 29.8 Å². The first kappa shape index (κ1) is 13.7. The van der Waals surface area contributed by atoms with Gasteiger partial charge in [-0.2, -0.15) is 0 Å². The summed E-state index contributed by atoms with van der Waals surface area (Å²) >= 11 is 3.51. The van der Waals surface area contributed by atoms with Crippen LogP contribution in [0.2, 0.25) is 0 Å². The lowest BCUT2D eigenvalue weighted by atomic mass is 10.2. The molecule has 0 amide bonds. The summed E-state index contributed by atoms with van der Waals surface area (Å²) in [6.45, 7) is 0.649. The monoisotopic (exact) mass is 322 g/mol. The summed E-state index contributed by atoms with van der Waals surface area (Å²) in [6.07, 6.45) is 1.77. The molecule has 2 aromatic rings. The van der Waals surface area contributed by atoms with Crippen LogP contribution < -0.4 is 15.6 Å².